The van der Waals surface area contributed by atoms with Crippen LogP contribution in [0.1, 0.15) is 44.2 Å². The summed E-state index contributed by atoms with van der Waals surface area (Å²) in [5.41, 5.74) is 1.55. The highest BCUT2D eigenvalue weighted by atomic mass is 35.5. The predicted octanol–water partition coefficient (Wildman–Crippen LogP) is 4.11. The zero-order valence-electron chi connectivity index (χ0n) is 13.2. The standard InChI is InChI=1S/C17H18Cl2N2O3/c1-9-14(16(22)24-11-4-2-3-5-11)15(21-17(23)20-9)10-6-7-12(18)13(19)8-10/h6-8,11,15H,2-5H2,1H3,(H2,20,21,23)/t15-/m1/s1. The number of esters is 1. The zero-order chi connectivity index (χ0) is 17.3. The smallest absolute Gasteiger partial charge is 0.338 e. The number of carbonyl (C=O) groups is 2. The van der Waals surface area contributed by atoms with Crippen molar-refractivity contribution in [2.24, 2.45) is 0 Å². The Morgan fingerprint density at radius 3 is 2.58 bits per heavy atom. The number of allylic oxidation sites excluding steroid dienone is 1. The number of amides is 2. The SMILES string of the molecule is CC1=C(C(=O)OC2CCCC2)[C@@H](c2ccc(Cl)c(Cl)c2)NC(=O)N1. The number of carbonyl (C=O) groups excluding carboxylic acids is 2. The molecule has 0 spiro atoms. The molecule has 7 heteroatoms. The highest BCUT2D eigenvalue weighted by Crippen LogP contribution is 2.33. The number of halogens is 2. The first-order chi connectivity index (χ1) is 11.5. The number of hydrogen-bond donors (Lipinski definition) is 2. The molecule has 0 radical (unpaired) electrons. The van der Waals surface area contributed by atoms with Crippen LogP contribution in [0.15, 0.2) is 29.5 Å². The lowest BCUT2D eigenvalue weighted by molar-refractivity contribution is -0.144. The van der Waals surface area contributed by atoms with Crippen LogP contribution in [0.2, 0.25) is 10.0 Å². The van der Waals surface area contributed by atoms with Gasteiger partial charge in [0, 0.05) is 5.70 Å². The highest BCUT2D eigenvalue weighted by Gasteiger charge is 2.34. The molecule has 128 valence electrons. The third-order valence-electron chi connectivity index (χ3n) is 4.34. The van der Waals surface area contributed by atoms with Crippen molar-refractivity contribution in [3.05, 3.63) is 45.1 Å². The lowest BCUT2D eigenvalue weighted by Gasteiger charge is -2.29. The molecule has 0 saturated heterocycles. The van der Waals surface area contributed by atoms with Crippen LogP contribution in [-0.2, 0) is 9.53 Å². The number of rotatable bonds is 3. The number of urea groups is 1. The van der Waals surface area contributed by atoms with Gasteiger partial charge < -0.3 is 15.4 Å². The molecule has 1 heterocycles. The Hall–Kier alpha value is -1.72. The first kappa shape index (κ1) is 17.1. The molecular formula is C17H18Cl2N2O3. The van der Waals surface area contributed by atoms with Crippen molar-refractivity contribution in [2.45, 2.75) is 44.8 Å². The minimum Gasteiger partial charge on any atom is -0.459 e. The van der Waals surface area contributed by atoms with E-state index in [-0.39, 0.29) is 12.1 Å². The minimum atomic E-state index is -0.623. The maximum atomic E-state index is 12.7. The van der Waals surface area contributed by atoms with Crippen LogP contribution in [0, 0.1) is 0 Å². The maximum absolute atomic E-state index is 12.7. The van der Waals surface area contributed by atoms with Gasteiger partial charge in [-0.15, -0.1) is 0 Å². The molecule has 1 aliphatic heterocycles. The van der Waals surface area contributed by atoms with Crippen molar-refractivity contribution in [2.75, 3.05) is 0 Å². The van der Waals surface area contributed by atoms with Crippen molar-refractivity contribution in [3.63, 3.8) is 0 Å². The quantitative estimate of drug-likeness (QED) is 0.788. The van der Waals surface area contributed by atoms with Gasteiger partial charge in [-0.2, -0.15) is 0 Å². The van der Waals surface area contributed by atoms with Gasteiger partial charge in [0.1, 0.15) is 6.10 Å². The largest absolute Gasteiger partial charge is 0.459 e. The molecule has 0 bridgehead atoms. The van der Waals surface area contributed by atoms with E-state index in [1.54, 1.807) is 25.1 Å². The Morgan fingerprint density at radius 2 is 1.92 bits per heavy atom. The van der Waals surface area contributed by atoms with Crippen LogP contribution < -0.4 is 10.6 Å². The average molecular weight is 369 g/mol. The van der Waals surface area contributed by atoms with Gasteiger partial charge in [0.15, 0.2) is 0 Å². The summed E-state index contributed by atoms with van der Waals surface area (Å²) in [4.78, 5) is 24.5. The fourth-order valence-electron chi connectivity index (χ4n) is 3.13. The van der Waals surface area contributed by atoms with E-state index in [0.717, 1.165) is 25.7 Å². The van der Waals surface area contributed by atoms with Gasteiger partial charge in [-0.05, 0) is 50.3 Å². The molecule has 5 nitrogen and oxygen atoms in total. The van der Waals surface area contributed by atoms with E-state index < -0.39 is 12.0 Å². The van der Waals surface area contributed by atoms with Gasteiger partial charge >= 0.3 is 12.0 Å². The van der Waals surface area contributed by atoms with Crippen molar-refractivity contribution >= 4 is 35.2 Å². The fraction of sp³-hybridized carbons (Fsp3) is 0.412. The van der Waals surface area contributed by atoms with Crippen LogP contribution in [0.3, 0.4) is 0 Å². The van der Waals surface area contributed by atoms with Gasteiger partial charge in [0.2, 0.25) is 0 Å². The summed E-state index contributed by atoms with van der Waals surface area (Å²) >= 11 is 12.0. The third kappa shape index (κ3) is 3.52. The van der Waals surface area contributed by atoms with Crippen molar-refractivity contribution < 1.29 is 14.3 Å². The molecule has 1 aromatic rings. The number of hydrogen-bond acceptors (Lipinski definition) is 3. The molecule has 1 aromatic carbocycles. The highest BCUT2D eigenvalue weighted by molar-refractivity contribution is 6.42. The summed E-state index contributed by atoms with van der Waals surface area (Å²) < 4.78 is 5.62. The predicted molar refractivity (Wildman–Crippen MR) is 91.9 cm³/mol. The summed E-state index contributed by atoms with van der Waals surface area (Å²) in [6.45, 7) is 1.69. The fourth-order valence-corrected chi connectivity index (χ4v) is 3.43. The minimum absolute atomic E-state index is 0.0510. The van der Waals surface area contributed by atoms with E-state index in [9.17, 15) is 9.59 Å². The second kappa shape index (κ2) is 7.03. The molecule has 2 aliphatic rings. The van der Waals surface area contributed by atoms with E-state index >= 15 is 0 Å². The Labute approximate surface area is 150 Å². The average Bonchev–Trinajstić information content (AvgIpc) is 3.02. The Balaban J connectivity index is 1.92. The topological polar surface area (TPSA) is 67.4 Å². The zero-order valence-corrected chi connectivity index (χ0v) is 14.7. The Kier molecular flexibility index (Phi) is 5.01. The van der Waals surface area contributed by atoms with Gasteiger partial charge in [-0.1, -0.05) is 29.3 Å². The van der Waals surface area contributed by atoms with Crippen LogP contribution in [0.4, 0.5) is 4.79 Å². The maximum Gasteiger partial charge on any atom is 0.338 e. The summed E-state index contributed by atoms with van der Waals surface area (Å²) in [5, 5.41) is 6.16. The summed E-state index contributed by atoms with van der Waals surface area (Å²) in [5.74, 6) is -0.414. The first-order valence-corrected chi connectivity index (χ1v) is 8.65. The summed E-state index contributed by atoms with van der Waals surface area (Å²) in [6.07, 6.45) is 3.86. The van der Waals surface area contributed by atoms with Gasteiger partial charge in [-0.3, -0.25) is 0 Å². The number of nitrogens with one attached hydrogen (secondary N) is 2. The van der Waals surface area contributed by atoms with E-state index in [0.29, 0.717) is 26.9 Å². The Morgan fingerprint density at radius 1 is 1.21 bits per heavy atom. The molecule has 24 heavy (non-hydrogen) atoms. The van der Waals surface area contributed by atoms with E-state index in [4.69, 9.17) is 27.9 Å². The third-order valence-corrected chi connectivity index (χ3v) is 5.08. The van der Waals surface area contributed by atoms with E-state index in [1.165, 1.54) is 0 Å². The molecule has 1 atom stereocenters. The first-order valence-electron chi connectivity index (χ1n) is 7.90. The second-order valence-electron chi connectivity index (χ2n) is 6.06. The van der Waals surface area contributed by atoms with Gasteiger partial charge in [0.25, 0.3) is 0 Å². The molecule has 3 rings (SSSR count). The van der Waals surface area contributed by atoms with Crippen LogP contribution in [0.25, 0.3) is 0 Å². The second-order valence-corrected chi connectivity index (χ2v) is 6.87. The molecule has 1 saturated carbocycles. The monoisotopic (exact) mass is 368 g/mol. The van der Waals surface area contributed by atoms with Crippen LogP contribution in [0.5, 0.6) is 0 Å². The number of ether oxygens (including phenoxy) is 1. The normalized spacial score (nSPS) is 21.5. The molecular weight excluding hydrogens is 351 g/mol. The van der Waals surface area contributed by atoms with Crippen LogP contribution >= 0.6 is 23.2 Å². The molecule has 0 unspecified atom stereocenters. The summed E-state index contributed by atoms with van der Waals surface area (Å²) in [7, 11) is 0. The van der Waals surface area contributed by atoms with E-state index in [2.05, 4.69) is 10.6 Å². The molecule has 2 N–H and O–H groups in total. The summed E-state index contributed by atoms with van der Waals surface area (Å²) in [6, 6.07) is 4.03. The van der Waals surface area contributed by atoms with Gasteiger partial charge in [0.05, 0.1) is 21.7 Å². The molecule has 2 amide bonds. The molecule has 1 fully saturated rings. The number of benzene rings is 1. The molecule has 0 aromatic heterocycles. The Bertz CT molecular complexity index is 712. The van der Waals surface area contributed by atoms with Crippen molar-refractivity contribution in [1.29, 1.82) is 0 Å². The van der Waals surface area contributed by atoms with Crippen molar-refractivity contribution in [3.8, 4) is 0 Å². The lowest BCUT2D eigenvalue weighted by atomic mass is 9.95. The van der Waals surface area contributed by atoms with Gasteiger partial charge in [-0.25, -0.2) is 9.59 Å². The lowest BCUT2D eigenvalue weighted by Crippen LogP contribution is -2.45. The van der Waals surface area contributed by atoms with Crippen molar-refractivity contribution in [1.82, 2.24) is 10.6 Å². The van der Waals surface area contributed by atoms with Crippen LogP contribution in [-0.4, -0.2) is 18.1 Å². The van der Waals surface area contributed by atoms with E-state index in [1.807, 2.05) is 0 Å². The molecule has 1 aliphatic carbocycles.